The second kappa shape index (κ2) is 10.0. The van der Waals surface area contributed by atoms with Crippen LogP contribution in [-0.2, 0) is 19.1 Å². The van der Waals surface area contributed by atoms with Crippen molar-refractivity contribution in [3.8, 4) is 0 Å². The van der Waals surface area contributed by atoms with Gasteiger partial charge in [-0.1, -0.05) is 32.0 Å². The van der Waals surface area contributed by atoms with Crippen LogP contribution in [0.25, 0.3) is 0 Å². The van der Waals surface area contributed by atoms with Crippen molar-refractivity contribution >= 4 is 23.7 Å². The Balaban J connectivity index is 1.86. The molecular formula is C21H29N3O5. The molecule has 8 nitrogen and oxygen atoms in total. The summed E-state index contributed by atoms with van der Waals surface area (Å²) in [5.41, 5.74) is 1.27. The van der Waals surface area contributed by atoms with E-state index in [1.165, 1.54) is 11.9 Å². The van der Waals surface area contributed by atoms with E-state index in [9.17, 15) is 19.2 Å². The smallest absolute Gasteiger partial charge is 0.329 e. The molecule has 1 aliphatic rings. The molecule has 1 saturated carbocycles. The number of amides is 3. The normalized spacial score (nSPS) is 14.1. The Labute approximate surface area is 171 Å². The minimum atomic E-state index is -0.890. The summed E-state index contributed by atoms with van der Waals surface area (Å²) in [6.45, 7) is 4.78. The summed E-state index contributed by atoms with van der Waals surface area (Å²) in [7, 11) is 1.47. The average Bonchev–Trinajstić information content (AvgIpc) is 3.47. The first-order valence-corrected chi connectivity index (χ1v) is 9.75. The van der Waals surface area contributed by atoms with Crippen molar-refractivity contribution in [2.45, 2.75) is 45.7 Å². The van der Waals surface area contributed by atoms with E-state index >= 15 is 0 Å². The minimum Gasteiger partial charge on any atom is -0.454 e. The van der Waals surface area contributed by atoms with Crippen LogP contribution in [0, 0.1) is 12.8 Å². The highest BCUT2D eigenvalue weighted by Crippen LogP contribution is 2.18. The van der Waals surface area contributed by atoms with Gasteiger partial charge in [-0.3, -0.25) is 14.4 Å². The van der Waals surface area contributed by atoms with Crippen molar-refractivity contribution in [3.63, 3.8) is 0 Å². The fraction of sp³-hybridized carbons (Fsp3) is 0.524. The lowest BCUT2D eigenvalue weighted by molar-refractivity contribution is -0.154. The number of likely N-dealkylation sites (N-methyl/N-ethyl adjacent to an activating group) is 1. The van der Waals surface area contributed by atoms with Gasteiger partial charge < -0.3 is 20.3 Å². The van der Waals surface area contributed by atoms with Crippen LogP contribution in [0.2, 0.25) is 0 Å². The zero-order valence-electron chi connectivity index (χ0n) is 17.4. The molecule has 2 N–H and O–H groups in total. The van der Waals surface area contributed by atoms with Crippen molar-refractivity contribution in [1.29, 1.82) is 0 Å². The number of benzene rings is 1. The molecule has 158 valence electrons. The summed E-state index contributed by atoms with van der Waals surface area (Å²) in [6.07, 6.45) is 1.93. The summed E-state index contributed by atoms with van der Waals surface area (Å²) in [6, 6.07) is 6.39. The van der Waals surface area contributed by atoms with E-state index in [1.54, 1.807) is 26.0 Å². The molecule has 2 rings (SSSR count). The largest absolute Gasteiger partial charge is 0.454 e. The SMILES string of the molecule is Cc1ccccc1C(=O)N[C@H](C(=O)OCC(=O)N(C)CC(=O)NC1CC1)C(C)C. The highest BCUT2D eigenvalue weighted by atomic mass is 16.5. The first-order valence-electron chi connectivity index (χ1n) is 9.75. The number of rotatable bonds is 9. The molecule has 0 saturated heterocycles. The van der Waals surface area contributed by atoms with Crippen LogP contribution in [0.3, 0.4) is 0 Å². The van der Waals surface area contributed by atoms with Crippen LogP contribution in [0.15, 0.2) is 24.3 Å². The van der Waals surface area contributed by atoms with E-state index in [2.05, 4.69) is 10.6 Å². The van der Waals surface area contributed by atoms with Crippen molar-refractivity contribution in [3.05, 3.63) is 35.4 Å². The molecule has 1 aromatic carbocycles. The summed E-state index contributed by atoms with van der Waals surface area (Å²) in [5, 5.41) is 5.48. The van der Waals surface area contributed by atoms with Crippen molar-refractivity contribution in [1.82, 2.24) is 15.5 Å². The second-order valence-electron chi connectivity index (χ2n) is 7.71. The van der Waals surface area contributed by atoms with Gasteiger partial charge in [-0.15, -0.1) is 0 Å². The zero-order valence-corrected chi connectivity index (χ0v) is 17.4. The number of nitrogens with zero attached hydrogens (tertiary/aromatic N) is 1. The second-order valence-corrected chi connectivity index (χ2v) is 7.71. The molecule has 1 fully saturated rings. The van der Waals surface area contributed by atoms with Crippen molar-refractivity contribution in [2.75, 3.05) is 20.2 Å². The molecule has 0 unspecified atom stereocenters. The molecule has 0 spiro atoms. The molecule has 1 aliphatic carbocycles. The first kappa shape index (κ1) is 22.4. The van der Waals surface area contributed by atoms with Crippen LogP contribution in [0.4, 0.5) is 0 Å². The monoisotopic (exact) mass is 403 g/mol. The van der Waals surface area contributed by atoms with E-state index < -0.39 is 24.5 Å². The number of carbonyl (C=O) groups is 4. The van der Waals surface area contributed by atoms with Gasteiger partial charge in [0.15, 0.2) is 6.61 Å². The number of carbonyl (C=O) groups excluding carboxylic acids is 4. The fourth-order valence-electron chi connectivity index (χ4n) is 2.68. The van der Waals surface area contributed by atoms with Crippen LogP contribution < -0.4 is 10.6 Å². The van der Waals surface area contributed by atoms with Gasteiger partial charge in [0.2, 0.25) is 5.91 Å². The molecule has 0 heterocycles. The maximum atomic E-state index is 12.5. The fourth-order valence-corrected chi connectivity index (χ4v) is 2.68. The third-order valence-electron chi connectivity index (χ3n) is 4.68. The molecule has 1 atom stereocenters. The van der Waals surface area contributed by atoms with Gasteiger partial charge in [-0.25, -0.2) is 4.79 Å². The van der Waals surface area contributed by atoms with Gasteiger partial charge in [0.05, 0.1) is 6.54 Å². The standard InChI is InChI=1S/C21H29N3O5/c1-13(2)19(23-20(27)16-8-6-5-7-14(16)3)21(28)29-12-18(26)24(4)11-17(25)22-15-9-10-15/h5-8,13,15,19H,9-12H2,1-4H3,(H,22,25)(H,23,27)/t19-/m0/s1. The number of nitrogens with one attached hydrogen (secondary N) is 2. The molecule has 29 heavy (non-hydrogen) atoms. The third-order valence-corrected chi connectivity index (χ3v) is 4.68. The number of hydrogen-bond donors (Lipinski definition) is 2. The predicted octanol–water partition coefficient (Wildman–Crippen LogP) is 1.03. The van der Waals surface area contributed by atoms with Gasteiger partial charge >= 0.3 is 5.97 Å². The maximum Gasteiger partial charge on any atom is 0.329 e. The zero-order chi connectivity index (χ0) is 21.6. The molecule has 3 amide bonds. The van der Waals surface area contributed by atoms with E-state index in [-0.39, 0.29) is 30.3 Å². The lowest BCUT2D eigenvalue weighted by Crippen LogP contribution is -2.47. The molecule has 8 heteroatoms. The quantitative estimate of drug-likeness (QED) is 0.599. The number of ether oxygens (including phenoxy) is 1. The lowest BCUT2D eigenvalue weighted by atomic mass is 10.0. The van der Waals surface area contributed by atoms with Crippen LogP contribution >= 0.6 is 0 Å². The summed E-state index contributed by atoms with van der Waals surface area (Å²) < 4.78 is 5.11. The van der Waals surface area contributed by atoms with Crippen molar-refractivity contribution < 1.29 is 23.9 Å². The molecule has 0 radical (unpaired) electrons. The van der Waals surface area contributed by atoms with Gasteiger partial charge in [0, 0.05) is 18.7 Å². The minimum absolute atomic E-state index is 0.0927. The Morgan fingerprint density at radius 3 is 2.41 bits per heavy atom. The van der Waals surface area contributed by atoms with Crippen molar-refractivity contribution in [2.24, 2.45) is 5.92 Å². The Hall–Kier alpha value is -2.90. The Kier molecular flexibility index (Phi) is 7.75. The van der Waals surface area contributed by atoms with E-state index in [0.717, 1.165) is 18.4 Å². The van der Waals surface area contributed by atoms with Crippen LogP contribution in [0.1, 0.15) is 42.6 Å². The average molecular weight is 403 g/mol. The molecule has 0 aliphatic heterocycles. The van der Waals surface area contributed by atoms with Crippen LogP contribution in [-0.4, -0.2) is 60.9 Å². The van der Waals surface area contributed by atoms with Gasteiger partial charge in [-0.2, -0.15) is 0 Å². The highest BCUT2D eigenvalue weighted by Gasteiger charge is 2.28. The molecule has 0 aromatic heterocycles. The lowest BCUT2D eigenvalue weighted by Gasteiger charge is -2.22. The first-order chi connectivity index (χ1) is 13.7. The van der Waals surface area contributed by atoms with E-state index in [4.69, 9.17) is 4.74 Å². The maximum absolute atomic E-state index is 12.5. The molecule has 1 aromatic rings. The summed E-state index contributed by atoms with van der Waals surface area (Å²) in [4.78, 5) is 50.1. The summed E-state index contributed by atoms with van der Waals surface area (Å²) >= 11 is 0. The van der Waals surface area contributed by atoms with Gasteiger partial charge in [-0.05, 0) is 37.3 Å². The van der Waals surface area contributed by atoms with E-state index in [1.807, 2.05) is 19.1 Å². The number of aryl methyl sites for hydroxylation is 1. The number of esters is 1. The van der Waals surface area contributed by atoms with Gasteiger partial charge in [0.25, 0.3) is 11.8 Å². The predicted molar refractivity (Wildman–Crippen MR) is 107 cm³/mol. The Bertz CT molecular complexity index is 773. The third kappa shape index (κ3) is 6.89. The van der Waals surface area contributed by atoms with Gasteiger partial charge in [0.1, 0.15) is 6.04 Å². The van der Waals surface area contributed by atoms with Crippen LogP contribution in [0.5, 0.6) is 0 Å². The van der Waals surface area contributed by atoms with E-state index in [0.29, 0.717) is 5.56 Å². The highest BCUT2D eigenvalue weighted by molar-refractivity contribution is 5.98. The molecule has 0 bridgehead atoms. The summed E-state index contributed by atoms with van der Waals surface area (Å²) in [5.74, 6) is -2.02. The number of hydrogen-bond acceptors (Lipinski definition) is 5. The topological polar surface area (TPSA) is 105 Å². The Morgan fingerprint density at radius 2 is 1.83 bits per heavy atom. The molecular weight excluding hydrogens is 374 g/mol. The Morgan fingerprint density at radius 1 is 1.17 bits per heavy atom.